The van der Waals surface area contributed by atoms with Crippen LogP contribution >= 0.6 is 0 Å². The van der Waals surface area contributed by atoms with Gasteiger partial charge in [0.05, 0.1) is 19.3 Å². The number of ether oxygens (including phenoxy) is 2. The first-order chi connectivity index (χ1) is 8.46. The Hall–Kier alpha value is -1.72. The van der Waals surface area contributed by atoms with Crippen molar-refractivity contribution in [3.05, 3.63) is 23.8 Å². The van der Waals surface area contributed by atoms with Crippen LogP contribution in [-0.2, 0) is 0 Å². The van der Waals surface area contributed by atoms with Crippen LogP contribution in [0.15, 0.2) is 18.2 Å². The highest BCUT2D eigenvalue weighted by Crippen LogP contribution is 2.24. The van der Waals surface area contributed by atoms with Gasteiger partial charge in [0.25, 0.3) is 0 Å². The van der Waals surface area contributed by atoms with Crippen LogP contribution in [0, 0.1) is 0 Å². The zero-order valence-electron chi connectivity index (χ0n) is 9.79. The first-order valence-corrected chi connectivity index (χ1v) is 5.29. The van der Waals surface area contributed by atoms with E-state index in [2.05, 4.69) is 0 Å². The molecule has 0 heterocycles. The van der Waals surface area contributed by atoms with Crippen molar-refractivity contribution in [2.45, 2.75) is 19.0 Å². The van der Waals surface area contributed by atoms with Crippen molar-refractivity contribution < 1.29 is 27.4 Å². The highest BCUT2D eigenvalue weighted by atomic mass is 19.4. The number of hydrogen-bond donors (Lipinski definition) is 0. The van der Waals surface area contributed by atoms with E-state index < -0.39 is 12.6 Å². The Morgan fingerprint density at radius 2 is 2.06 bits per heavy atom. The molecule has 0 saturated carbocycles. The van der Waals surface area contributed by atoms with E-state index in [9.17, 15) is 18.0 Å². The smallest absolute Gasteiger partial charge is 0.389 e. The molecule has 0 saturated heterocycles. The van der Waals surface area contributed by atoms with E-state index in [4.69, 9.17) is 9.47 Å². The number of methoxy groups -OCH3 is 1. The van der Waals surface area contributed by atoms with Gasteiger partial charge in [-0.15, -0.1) is 0 Å². The second-order valence-electron chi connectivity index (χ2n) is 3.59. The molecule has 0 spiro atoms. The molecule has 0 N–H and O–H groups in total. The topological polar surface area (TPSA) is 35.5 Å². The minimum atomic E-state index is -4.18. The Morgan fingerprint density at radius 3 is 2.61 bits per heavy atom. The Labute approximate surface area is 103 Å². The molecule has 3 nitrogen and oxygen atoms in total. The van der Waals surface area contributed by atoms with Crippen LogP contribution in [0.3, 0.4) is 0 Å². The molecule has 0 unspecified atom stereocenters. The SMILES string of the molecule is COc1ccc(OCCCC(F)(F)F)c(C=O)c1. The van der Waals surface area contributed by atoms with E-state index in [1.807, 2.05) is 0 Å². The third-order valence-electron chi connectivity index (χ3n) is 2.21. The van der Waals surface area contributed by atoms with Crippen molar-refractivity contribution in [1.29, 1.82) is 0 Å². The molecular weight excluding hydrogens is 249 g/mol. The average Bonchev–Trinajstić information content (AvgIpc) is 2.33. The normalized spacial score (nSPS) is 11.1. The fourth-order valence-corrected chi connectivity index (χ4v) is 1.33. The van der Waals surface area contributed by atoms with Crippen molar-refractivity contribution >= 4 is 6.29 Å². The lowest BCUT2D eigenvalue weighted by Crippen LogP contribution is -2.10. The molecule has 1 rings (SSSR count). The van der Waals surface area contributed by atoms with Crippen molar-refractivity contribution in [2.75, 3.05) is 13.7 Å². The van der Waals surface area contributed by atoms with Gasteiger partial charge in [0, 0.05) is 6.42 Å². The largest absolute Gasteiger partial charge is 0.497 e. The van der Waals surface area contributed by atoms with Crippen LogP contribution in [0.4, 0.5) is 13.2 Å². The van der Waals surface area contributed by atoms with Gasteiger partial charge in [0.15, 0.2) is 6.29 Å². The maximum absolute atomic E-state index is 11.9. The number of aldehydes is 1. The molecule has 1 aromatic rings. The Balaban J connectivity index is 2.54. The lowest BCUT2D eigenvalue weighted by atomic mass is 10.2. The standard InChI is InChI=1S/C12H13F3O3/c1-17-10-3-4-11(9(7-10)8-16)18-6-2-5-12(13,14)15/h3-4,7-8H,2,5-6H2,1H3. The van der Waals surface area contributed by atoms with Gasteiger partial charge >= 0.3 is 6.18 Å². The third-order valence-corrected chi connectivity index (χ3v) is 2.21. The second-order valence-corrected chi connectivity index (χ2v) is 3.59. The van der Waals surface area contributed by atoms with Crippen molar-refractivity contribution in [3.63, 3.8) is 0 Å². The zero-order valence-corrected chi connectivity index (χ0v) is 9.79. The number of carbonyl (C=O) groups is 1. The van der Waals surface area contributed by atoms with E-state index in [-0.39, 0.29) is 24.3 Å². The fraction of sp³-hybridized carbons (Fsp3) is 0.417. The van der Waals surface area contributed by atoms with Gasteiger partial charge < -0.3 is 9.47 Å². The molecule has 0 radical (unpaired) electrons. The summed E-state index contributed by atoms with van der Waals surface area (Å²) < 4.78 is 45.7. The monoisotopic (exact) mass is 262 g/mol. The molecule has 100 valence electrons. The summed E-state index contributed by atoms with van der Waals surface area (Å²) >= 11 is 0. The summed E-state index contributed by atoms with van der Waals surface area (Å²) in [6.07, 6.45) is -4.66. The zero-order chi connectivity index (χ0) is 13.6. The molecule has 18 heavy (non-hydrogen) atoms. The molecule has 0 aliphatic heterocycles. The number of benzene rings is 1. The van der Waals surface area contributed by atoms with Gasteiger partial charge in [-0.05, 0) is 24.6 Å². The van der Waals surface area contributed by atoms with Crippen LogP contribution in [0.25, 0.3) is 0 Å². The van der Waals surface area contributed by atoms with Gasteiger partial charge in [-0.2, -0.15) is 13.2 Å². The summed E-state index contributed by atoms with van der Waals surface area (Å²) in [5.41, 5.74) is 0.251. The van der Waals surface area contributed by atoms with Crippen LogP contribution in [0.1, 0.15) is 23.2 Å². The fourth-order valence-electron chi connectivity index (χ4n) is 1.33. The molecule has 0 aliphatic rings. The molecule has 0 fully saturated rings. The minimum Gasteiger partial charge on any atom is -0.497 e. The lowest BCUT2D eigenvalue weighted by molar-refractivity contribution is -0.136. The maximum Gasteiger partial charge on any atom is 0.389 e. The summed E-state index contributed by atoms with van der Waals surface area (Å²) in [4.78, 5) is 10.8. The summed E-state index contributed by atoms with van der Waals surface area (Å²) in [5.74, 6) is 0.743. The second kappa shape index (κ2) is 6.28. The molecule has 0 amide bonds. The first-order valence-electron chi connectivity index (χ1n) is 5.29. The molecule has 0 bridgehead atoms. The van der Waals surface area contributed by atoms with Gasteiger partial charge in [0.1, 0.15) is 11.5 Å². The summed E-state index contributed by atoms with van der Waals surface area (Å²) in [7, 11) is 1.45. The lowest BCUT2D eigenvalue weighted by Gasteiger charge is -2.10. The average molecular weight is 262 g/mol. The minimum absolute atomic E-state index is 0.0906. The van der Waals surface area contributed by atoms with Crippen molar-refractivity contribution in [2.24, 2.45) is 0 Å². The van der Waals surface area contributed by atoms with Gasteiger partial charge in [-0.3, -0.25) is 4.79 Å². The quantitative estimate of drug-likeness (QED) is 0.583. The highest BCUT2D eigenvalue weighted by Gasteiger charge is 2.26. The Kier molecular flexibility index (Phi) is 5.00. The van der Waals surface area contributed by atoms with E-state index >= 15 is 0 Å². The molecule has 0 aromatic heterocycles. The molecular formula is C12H13F3O3. The van der Waals surface area contributed by atoms with Crippen LogP contribution in [-0.4, -0.2) is 26.2 Å². The number of halogens is 3. The van der Waals surface area contributed by atoms with Crippen molar-refractivity contribution in [3.8, 4) is 11.5 Å². The van der Waals surface area contributed by atoms with Gasteiger partial charge in [-0.1, -0.05) is 0 Å². The molecule has 0 atom stereocenters. The van der Waals surface area contributed by atoms with Crippen molar-refractivity contribution in [1.82, 2.24) is 0 Å². The summed E-state index contributed by atoms with van der Waals surface area (Å²) in [6.45, 7) is -0.0906. The first kappa shape index (κ1) is 14.3. The van der Waals surface area contributed by atoms with Gasteiger partial charge in [-0.25, -0.2) is 0 Å². The van der Waals surface area contributed by atoms with Crippen LogP contribution in [0.2, 0.25) is 0 Å². The summed E-state index contributed by atoms with van der Waals surface area (Å²) in [5, 5.41) is 0. The number of rotatable bonds is 6. The molecule has 1 aromatic carbocycles. The van der Waals surface area contributed by atoms with Crippen LogP contribution in [0.5, 0.6) is 11.5 Å². The maximum atomic E-state index is 11.9. The molecule has 0 aliphatic carbocycles. The van der Waals surface area contributed by atoms with E-state index in [0.29, 0.717) is 12.0 Å². The summed E-state index contributed by atoms with van der Waals surface area (Å²) in [6, 6.07) is 4.54. The number of hydrogen-bond acceptors (Lipinski definition) is 3. The Morgan fingerprint density at radius 1 is 1.33 bits per heavy atom. The van der Waals surface area contributed by atoms with E-state index in [1.165, 1.54) is 19.2 Å². The highest BCUT2D eigenvalue weighted by molar-refractivity contribution is 5.80. The van der Waals surface area contributed by atoms with Crippen LogP contribution < -0.4 is 9.47 Å². The number of alkyl halides is 3. The number of carbonyl (C=O) groups excluding carboxylic acids is 1. The predicted molar refractivity (Wildman–Crippen MR) is 59.2 cm³/mol. The molecule has 6 heteroatoms. The van der Waals surface area contributed by atoms with Gasteiger partial charge in [0.2, 0.25) is 0 Å². The third kappa shape index (κ3) is 4.65. The van der Waals surface area contributed by atoms with E-state index in [1.54, 1.807) is 6.07 Å². The Bertz CT molecular complexity index is 402. The van der Waals surface area contributed by atoms with E-state index in [0.717, 1.165) is 0 Å². The predicted octanol–water partition coefficient (Wildman–Crippen LogP) is 3.23.